The second kappa shape index (κ2) is 17.7. The lowest BCUT2D eigenvalue weighted by Gasteiger charge is -2.30. The molecule has 1 saturated heterocycles. The second-order valence-corrected chi connectivity index (χ2v) is 8.86. The third-order valence-electron chi connectivity index (χ3n) is 6.92. The van der Waals surface area contributed by atoms with Crippen molar-refractivity contribution in [3.05, 3.63) is 63.7 Å². The minimum absolute atomic E-state index is 0.251. The smallest absolute Gasteiger partial charge is 0.206 e. The van der Waals surface area contributed by atoms with E-state index in [1.165, 1.54) is 47.1 Å². The van der Waals surface area contributed by atoms with Crippen molar-refractivity contribution in [2.75, 3.05) is 32.4 Å². The highest BCUT2D eigenvalue weighted by molar-refractivity contribution is 5.97. The summed E-state index contributed by atoms with van der Waals surface area (Å²) in [4.78, 5) is 23.4. The van der Waals surface area contributed by atoms with Gasteiger partial charge in [-0.05, 0) is 94.3 Å². The first kappa shape index (κ1) is 32.3. The maximum atomic E-state index is 12.0. The molecule has 3 rings (SSSR count). The summed E-state index contributed by atoms with van der Waals surface area (Å²) in [6.07, 6.45) is 4.40. The van der Waals surface area contributed by atoms with E-state index in [4.69, 9.17) is 10.5 Å². The number of nitrogens with two attached hydrogens (primary N) is 1. The van der Waals surface area contributed by atoms with Crippen molar-refractivity contribution in [3.8, 4) is 0 Å². The SMILES string of the molecule is CC.CCC1CCN(CC(=O)c2ccccc2)CC1.CNC=O.Cc1c(C)c(C)c(N)c(C)c1C. The summed E-state index contributed by atoms with van der Waals surface area (Å²) in [7, 11) is 1.56. The largest absolute Gasteiger partial charge is 0.398 e. The fraction of sp³-hybridized carbons (Fsp3) is 0.533. The van der Waals surface area contributed by atoms with Crippen molar-refractivity contribution in [2.45, 2.75) is 74.7 Å². The summed E-state index contributed by atoms with van der Waals surface area (Å²) in [6, 6.07) is 9.61. The van der Waals surface area contributed by atoms with Gasteiger partial charge >= 0.3 is 0 Å². The molecule has 0 aromatic heterocycles. The molecule has 0 saturated carbocycles. The zero-order valence-corrected chi connectivity index (χ0v) is 23.6. The van der Waals surface area contributed by atoms with Crippen molar-refractivity contribution in [3.63, 3.8) is 0 Å². The Hall–Kier alpha value is -2.66. The van der Waals surface area contributed by atoms with Crippen molar-refractivity contribution in [1.82, 2.24) is 10.2 Å². The average Bonchev–Trinajstić information content (AvgIpc) is 2.92. The molecule has 1 aliphatic rings. The molecule has 2 aromatic carbocycles. The molecule has 5 heteroatoms. The first-order valence-electron chi connectivity index (χ1n) is 12.9. The lowest BCUT2D eigenvalue weighted by Crippen LogP contribution is -2.37. The van der Waals surface area contributed by atoms with Gasteiger partial charge in [-0.15, -0.1) is 0 Å². The fourth-order valence-corrected chi connectivity index (χ4v) is 4.00. The molecule has 1 heterocycles. The first-order chi connectivity index (χ1) is 16.7. The van der Waals surface area contributed by atoms with Gasteiger partial charge in [-0.2, -0.15) is 0 Å². The van der Waals surface area contributed by atoms with E-state index in [0.717, 1.165) is 30.3 Å². The standard InChI is InChI=1S/C15H21NO.C11H17N.C2H5NO.C2H6/c1-2-13-8-10-16(11-9-13)12-15(17)14-6-4-3-5-7-14;1-6-7(2)9(4)11(12)10(5)8(6)3;1-3-2-4;1-2/h3-7,13H,2,8-12H2,1H3;12H2,1-5H3;2H,1H3,(H,3,4);1-2H3. The van der Waals surface area contributed by atoms with Crippen molar-refractivity contribution in [2.24, 2.45) is 5.92 Å². The third kappa shape index (κ3) is 10.6. The van der Waals surface area contributed by atoms with E-state index >= 15 is 0 Å². The monoisotopic (exact) mass is 483 g/mol. The van der Waals surface area contributed by atoms with Crippen LogP contribution in [0.15, 0.2) is 30.3 Å². The number of nitrogen functional groups attached to an aromatic ring is 1. The molecule has 35 heavy (non-hydrogen) atoms. The molecule has 0 radical (unpaired) electrons. The van der Waals surface area contributed by atoms with Crippen LogP contribution in [0.5, 0.6) is 0 Å². The Kier molecular flexibility index (Phi) is 16.4. The molecular formula is C30H49N3O2. The van der Waals surface area contributed by atoms with Gasteiger partial charge in [0, 0.05) is 18.3 Å². The number of hydrogen-bond donors (Lipinski definition) is 2. The van der Waals surface area contributed by atoms with Gasteiger partial charge in [0.05, 0.1) is 6.54 Å². The van der Waals surface area contributed by atoms with Gasteiger partial charge in [0.2, 0.25) is 6.41 Å². The molecule has 2 aromatic rings. The zero-order chi connectivity index (χ0) is 27.0. The van der Waals surface area contributed by atoms with E-state index in [0.29, 0.717) is 13.0 Å². The highest BCUT2D eigenvalue weighted by Gasteiger charge is 2.19. The van der Waals surface area contributed by atoms with E-state index in [1.54, 1.807) is 7.05 Å². The Morgan fingerprint density at radius 3 is 1.77 bits per heavy atom. The molecule has 0 atom stereocenters. The number of likely N-dealkylation sites (tertiary alicyclic amines) is 1. The van der Waals surface area contributed by atoms with Crippen molar-refractivity contribution < 1.29 is 9.59 Å². The number of amides is 1. The average molecular weight is 484 g/mol. The predicted octanol–water partition coefficient (Wildman–Crippen LogP) is 6.19. The van der Waals surface area contributed by atoms with Crippen LogP contribution in [0.2, 0.25) is 0 Å². The molecule has 5 nitrogen and oxygen atoms in total. The third-order valence-corrected chi connectivity index (χ3v) is 6.92. The molecule has 3 N–H and O–H groups in total. The Morgan fingerprint density at radius 2 is 1.37 bits per heavy atom. The van der Waals surface area contributed by atoms with Crippen LogP contribution in [-0.2, 0) is 4.79 Å². The molecule has 0 aliphatic carbocycles. The van der Waals surface area contributed by atoms with E-state index in [2.05, 4.69) is 51.8 Å². The number of nitrogens with one attached hydrogen (secondary N) is 1. The number of hydrogen-bond acceptors (Lipinski definition) is 4. The number of Topliss-reactive ketones (excluding diaryl/α,β-unsaturated/α-hetero) is 1. The lowest BCUT2D eigenvalue weighted by molar-refractivity contribution is -0.109. The summed E-state index contributed by atoms with van der Waals surface area (Å²) in [5.74, 6) is 1.12. The zero-order valence-electron chi connectivity index (χ0n) is 23.6. The number of carbonyl (C=O) groups excluding carboxylic acids is 2. The van der Waals surface area contributed by atoms with Gasteiger partial charge in [0.1, 0.15) is 0 Å². The fourth-order valence-electron chi connectivity index (χ4n) is 4.00. The van der Waals surface area contributed by atoms with Crippen LogP contribution in [0.3, 0.4) is 0 Å². The van der Waals surface area contributed by atoms with Gasteiger partial charge < -0.3 is 11.1 Å². The van der Waals surface area contributed by atoms with Gasteiger partial charge in [-0.1, -0.05) is 57.5 Å². The molecule has 196 valence electrons. The van der Waals surface area contributed by atoms with Crippen LogP contribution in [0.4, 0.5) is 5.69 Å². The summed E-state index contributed by atoms with van der Waals surface area (Å²) >= 11 is 0. The minimum atomic E-state index is 0.251. The summed E-state index contributed by atoms with van der Waals surface area (Å²) in [5.41, 5.74) is 14.2. The van der Waals surface area contributed by atoms with Crippen LogP contribution in [0, 0.1) is 40.5 Å². The highest BCUT2D eigenvalue weighted by Crippen LogP contribution is 2.27. The number of rotatable bonds is 5. The van der Waals surface area contributed by atoms with Gasteiger partial charge in [-0.25, -0.2) is 0 Å². The second-order valence-electron chi connectivity index (χ2n) is 8.86. The number of carbonyl (C=O) groups is 2. The highest BCUT2D eigenvalue weighted by atomic mass is 16.1. The Morgan fingerprint density at radius 1 is 0.943 bits per heavy atom. The number of benzene rings is 2. The van der Waals surface area contributed by atoms with Crippen LogP contribution in [-0.4, -0.2) is 43.8 Å². The minimum Gasteiger partial charge on any atom is -0.398 e. The topological polar surface area (TPSA) is 75.4 Å². The Bertz CT molecular complexity index is 781. The van der Waals surface area contributed by atoms with Crippen LogP contribution >= 0.6 is 0 Å². The number of nitrogens with zero attached hydrogens (tertiary/aromatic N) is 1. The van der Waals surface area contributed by atoms with Gasteiger partial charge in [-0.3, -0.25) is 14.5 Å². The molecule has 1 fully saturated rings. The molecule has 0 unspecified atom stereocenters. The summed E-state index contributed by atoms with van der Waals surface area (Å²) in [6.45, 7) is 19.6. The Balaban J connectivity index is 0.000000561. The predicted molar refractivity (Wildman–Crippen MR) is 151 cm³/mol. The van der Waals surface area contributed by atoms with Crippen molar-refractivity contribution in [1.29, 1.82) is 0 Å². The molecule has 1 aliphatic heterocycles. The van der Waals surface area contributed by atoms with Crippen LogP contribution < -0.4 is 11.1 Å². The van der Waals surface area contributed by atoms with Crippen molar-refractivity contribution >= 4 is 17.9 Å². The lowest BCUT2D eigenvalue weighted by atomic mass is 9.93. The molecule has 1 amide bonds. The summed E-state index contributed by atoms with van der Waals surface area (Å²) < 4.78 is 0. The molecule has 0 bridgehead atoms. The maximum absolute atomic E-state index is 12.0. The van der Waals surface area contributed by atoms with E-state index in [1.807, 2.05) is 44.2 Å². The van der Waals surface area contributed by atoms with E-state index < -0.39 is 0 Å². The normalized spacial score (nSPS) is 13.2. The number of anilines is 1. The first-order valence-corrected chi connectivity index (χ1v) is 12.9. The Labute approximate surface area is 214 Å². The molecule has 0 spiro atoms. The van der Waals surface area contributed by atoms with Crippen LogP contribution in [0.1, 0.15) is 78.2 Å². The van der Waals surface area contributed by atoms with Crippen LogP contribution in [0.25, 0.3) is 0 Å². The van der Waals surface area contributed by atoms with E-state index in [9.17, 15) is 4.79 Å². The molecular weight excluding hydrogens is 434 g/mol. The number of piperidine rings is 1. The quantitative estimate of drug-likeness (QED) is 0.302. The van der Waals surface area contributed by atoms with Gasteiger partial charge in [0.15, 0.2) is 5.78 Å². The maximum Gasteiger partial charge on any atom is 0.206 e. The van der Waals surface area contributed by atoms with Gasteiger partial charge in [0.25, 0.3) is 0 Å². The summed E-state index contributed by atoms with van der Waals surface area (Å²) in [5, 5.41) is 2.25. The number of ketones is 1. The van der Waals surface area contributed by atoms with E-state index in [-0.39, 0.29) is 5.78 Å².